The number of hydrazine groups is 1. The van der Waals surface area contributed by atoms with Crippen LogP contribution in [0.25, 0.3) is 5.57 Å². The summed E-state index contributed by atoms with van der Waals surface area (Å²) in [5.41, 5.74) is 4.32. The van der Waals surface area contributed by atoms with Crippen LogP contribution in [0.2, 0.25) is 0 Å². The molecular formula is C39H46N4O2. The van der Waals surface area contributed by atoms with Gasteiger partial charge in [-0.2, -0.15) is 0 Å². The molecule has 2 aromatic rings. The van der Waals surface area contributed by atoms with Crippen molar-refractivity contribution in [2.24, 2.45) is 27.7 Å². The summed E-state index contributed by atoms with van der Waals surface area (Å²) >= 11 is 0. The predicted molar refractivity (Wildman–Crippen MR) is 183 cm³/mol. The van der Waals surface area contributed by atoms with E-state index in [2.05, 4.69) is 103 Å². The molecule has 3 aliphatic carbocycles. The average Bonchev–Trinajstić information content (AvgIpc) is 3.70. The quantitative estimate of drug-likeness (QED) is 0.250. The van der Waals surface area contributed by atoms with E-state index >= 15 is 0 Å². The minimum absolute atomic E-state index is 0.0247. The first-order valence-corrected chi connectivity index (χ1v) is 16.8. The second-order valence-corrected chi connectivity index (χ2v) is 13.6. The summed E-state index contributed by atoms with van der Waals surface area (Å²) in [6, 6.07) is 17.3. The van der Waals surface area contributed by atoms with Crippen molar-refractivity contribution in [3.8, 4) is 5.75 Å². The van der Waals surface area contributed by atoms with Crippen LogP contribution < -0.4 is 4.74 Å². The molecule has 1 N–H and O–H groups in total. The van der Waals surface area contributed by atoms with Crippen LogP contribution in [0.15, 0.2) is 101 Å². The van der Waals surface area contributed by atoms with Gasteiger partial charge in [0.2, 0.25) is 0 Å². The summed E-state index contributed by atoms with van der Waals surface area (Å²) in [5, 5.41) is 15.7. The molecule has 0 saturated heterocycles. The molecule has 2 fully saturated rings. The number of ether oxygens (including phenoxy) is 1. The van der Waals surface area contributed by atoms with Crippen LogP contribution in [0.3, 0.4) is 0 Å². The third-order valence-electron chi connectivity index (χ3n) is 10.8. The molecule has 0 spiro atoms. The molecule has 2 aromatic carbocycles. The highest BCUT2D eigenvalue weighted by atomic mass is 16.5. The summed E-state index contributed by atoms with van der Waals surface area (Å²) in [5.74, 6) is 3.18. The van der Waals surface area contributed by atoms with E-state index in [1.165, 1.54) is 36.8 Å². The molecule has 0 aromatic heterocycles. The number of nitrogens with zero attached hydrogens (tertiary/aromatic N) is 4. The van der Waals surface area contributed by atoms with Crippen LogP contribution in [0.4, 0.5) is 0 Å². The zero-order valence-corrected chi connectivity index (χ0v) is 26.8. The first-order chi connectivity index (χ1) is 21.9. The first kappa shape index (κ1) is 29.9. The van der Waals surface area contributed by atoms with Gasteiger partial charge >= 0.3 is 0 Å². The van der Waals surface area contributed by atoms with Crippen molar-refractivity contribution in [2.75, 3.05) is 14.2 Å². The van der Waals surface area contributed by atoms with E-state index < -0.39 is 5.60 Å². The summed E-state index contributed by atoms with van der Waals surface area (Å²) in [6.45, 7) is 2.23. The largest absolute Gasteiger partial charge is 0.497 e. The Bertz CT molecular complexity index is 1540. The molecule has 4 atom stereocenters. The van der Waals surface area contributed by atoms with Crippen LogP contribution in [-0.4, -0.2) is 59.5 Å². The number of allylic oxidation sites excluding steroid dienone is 5. The fourth-order valence-electron chi connectivity index (χ4n) is 7.98. The minimum Gasteiger partial charge on any atom is -0.497 e. The van der Waals surface area contributed by atoms with Crippen molar-refractivity contribution >= 4 is 18.0 Å². The van der Waals surface area contributed by atoms with Gasteiger partial charge in [0.25, 0.3) is 0 Å². The van der Waals surface area contributed by atoms with Crippen LogP contribution in [0.1, 0.15) is 74.5 Å². The summed E-state index contributed by atoms with van der Waals surface area (Å²) in [7, 11) is 3.84. The topological polar surface area (TPSA) is 60.7 Å². The molecular weight excluding hydrogens is 556 g/mol. The van der Waals surface area contributed by atoms with E-state index in [-0.39, 0.29) is 18.1 Å². The minimum atomic E-state index is -0.440. The maximum Gasteiger partial charge on any atom is 0.150 e. The lowest BCUT2D eigenvalue weighted by Gasteiger charge is -2.48. The van der Waals surface area contributed by atoms with Gasteiger partial charge in [0.1, 0.15) is 17.7 Å². The second-order valence-electron chi connectivity index (χ2n) is 13.6. The Labute approximate surface area is 268 Å². The molecule has 234 valence electrons. The Hall–Kier alpha value is -3.74. The van der Waals surface area contributed by atoms with E-state index in [0.717, 1.165) is 42.0 Å². The monoisotopic (exact) mass is 602 g/mol. The van der Waals surface area contributed by atoms with E-state index in [9.17, 15) is 5.11 Å². The predicted octanol–water partition coefficient (Wildman–Crippen LogP) is 7.55. The van der Waals surface area contributed by atoms with Crippen molar-refractivity contribution in [2.45, 2.75) is 75.6 Å². The number of fused-ring (bicyclic) bond motifs is 1. The molecule has 0 radical (unpaired) electrons. The summed E-state index contributed by atoms with van der Waals surface area (Å²) in [4.78, 5) is 10.3. The van der Waals surface area contributed by atoms with Gasteiger partial charge in [-0.15, -0.1) is 0 Å². The Kier molecular flexibility index (Phi) is 8.36. The van der Waals surface area contributed by atoms with Crippen LogP contribution >= 0.6 is 0 Å². The highest BCUT2D eigenvalue weighted by molar-refractivity contribution is 5.82. The number of likely N-dealkylation sites (N-methyl/N-ethyl adjacent to an activating group) is 1. The Morgan fingerprint density at radius 1 is 1.00 bits per heavy atom. The molecule has 45 heavy (non-hydrogen) atoms. The lowest BCUT2D eigenvalue weighted by Crippen LogP contribution is -2.49. The highest BCUT2D eigenvalue weighted by Crippen LogP contribution is 2.52. The third-order valence-corrected chi connectivity index (χ3v) is 10.8. The molecule has 7 rings (SSSR count). The molecule has 6 heteroatoms. The van der Waals surface area contributed by atoms with Gasteiger partial charge in [0, 0.05) is 25.0 Å². The van der Waals surface area contributed by atoms with Gasteiger partial charge in [-0.3, -0.25) is 10.0 Å². The van der Waals surface area contributed by atoms with Crippen molar-refractivity contribution < 1.29 is 9.84 Å². The van der Waals surface area contributed by atoms with Gasteiger partial charge in [-0.05, 0) is 85.6 Å². The summed E-state index contributed by atoms with van der Waals surface area (Å²) < 4.78 is 5.42. The third kappa shape index (κ3) is 5.86. The van der Waals surface area contributed by atoms with Crippen molar-refractivity contribution in [3.63, 3.8) is 0 Å². The van der Waals surface area contributed by atoms with Crippen LogP contribution in [0.5, 0.6) is 5.75 Å². The van der Waals surface area contributed by atoms with E-state index in [1.807, 2.05) is 18.3 Å². The number of benzene rings is 2. The van der Waals surface area contributed by atoms with Crippen molar-refractivity contribution in [1.29, 1.82) is 0 Å². The fraction of sp³-hybridized carbons (Fsp3) is 0.436. The molecule has 2 saturated carbocycles. The van der Waals surface area contributed by atoms with E-state index in [0.29, 0.717) is 17.8 Å². The Morgan fingerprint density at radius 2 is 1.76 bits per heavy atom. The fourth-order valence-corrected chi connectivity index (χ4v) is 7.98. The number of hydrogen-bond acceptors (Lipinski definition) is 6. The van der Waals surface area contributed by atoms with Crippen molar-refractivity contribution in [3.05, 3.63) is 107 Å². The second kappa shape index (κ2) is 12.6. The van der Waals surface area contributed by atoms with Gasteiger partial charge in [-0.1, -0.05) is 85.7 Å². The first-order valence-electron chi connectivity index (χ1n) is 16.8. The van der Waals surface area contributed by atoms with Gasteiger partial charge in [0.05, 0.1) is 24.7 Å². The van der Waals surface area contributed by atoms with E-state index in [4.69, 9.17) is 14.7 Å². The van der Waals surface area contributed by atoms with Crippen LogP contribution in [0, 0.1) is 17.8 Å². The maximum atomic E-state index is 11.1. The zero-order chi connectivity index (χ0) is 31.0. The van der Waals surface area contributed by atoms with Crippen LogP contribution in [-0.2, 0) is 0 Å². The van der Waals surface area contributed by atoms with Gasteiger partial charge < -0.3 is 9.84 Å². The molecule has 5 aliphatic rings. The lowest BCUT2D eigenvalue weighted by atomic mass is 9.62. The number of methoxy groups -OCH3 is 1. The number of rotatable bonds is 8. The summed E-state index contributed by atoms with van der Waals surface area (Å²) in [6.07, 6.45) is 25.0. The van der Waals surface area contributed by atoms with Gasteiger partial charge in [0.15, 0.2) is 0 Å². The molecule has 2 heterocycles. The molecule has 0 bridgehead atoms. The molecule has 2 aliphatic heterocycles. The normalized spacial score (nSPS) is 31.8. The molecule has 0 amide bonds. The standard InChI is InChI=1S/C39H46N4O2/c1-27-36(31-19-21-35(45-3)22-20-31)38-41-26-32(18-13-28-9-5-4-6-10-28)37(43(38)42(27)2)40-25-29-14-16-30(17-15-29)33-23-39(44,24-33)34-11-7-8-12-34/h4-6,9,13-22,25-28,32-34,37,44H,7-8,10-12,23-24H2,1-3H3/b18-13+,40-25+. The molecule has 4 unspecified atom stereocenters. The Morgan fingerprint density at radius 3 is 2.44 bits per heavy atom. The SMILES string of the molecule is COc1ccc(C2=C3N=CC(/C=C/C4C=CC=CC4)C(/N=C/c4ccc(C5CC(O)(C6CCCC6)C5)cc4)N3N(C)C2C)cc1. The van der Waals surface area contributed by atoms with Gasteiger partial charge in [-0.25, -0.2) is 10.0 Å². The zero-order valence-electron chi connectivity index (χ0n) is 26.8. The number of aliphatic imine (C=N–C) groups is 2. The smallest absolute Gasteiger partial charge is 0.150 e. The number of aliphatic hydroxyl groups is 1. The highest BCUT2D eigenvalue weighted by Gasteiger charge is 2.49. The van der Waals surface area contributed by atoms with Crippen molar-refractivity contribution in [1.82, 2.24) is 10.0 Å². The lowest BCUT2D eigenvalue weighted by molar-refractivity contribution is -0.0948. The number of hydrogen-bond donors (Lipinski definition) is 1. The van der Waals surface area contributed by atoms with E-state index in [1.54, 1.807) is 7.11 Å². The maximum absolute atomic E-state index is 11.1. The Balaban J connectivity index is 1.14. The molecule has 6 nitrogen and oxygen atoms in total. The average molecular weight is 603 g/mol.